The Balaban J connectivity index is 1.61. The zero-order valence-electron chi connectivity index (χ0n) is 30.2. The Morgan fingerprint density at radius 3 is 1.42 bits per heavy atom. The Morgan fingerprint density at radius 1 is 0.581 bits per heavy atom. The van der Waals surface area contributed by atoms with Crippen molar-refractivity contribution in [3.8, 4) is 0 Å². The van der Waals surface area contributed by atoms with Crippen molar-refractivity contribution in [2.45, 2.75) is 147 Å². The third-order valence-corrected chi connectivity index (χ3v) is 12.4. The van der Waals surface area contributed by atoms with Crippen LogP contribution in [0.3, 0.4) is 0 Å². The van der Waals surface area contributed by atoms with E-state index in [-0.39, 0.29) is 23.8 Å². The van der Waals surface area contributed by atoms with Gasteiger partial charge in [-0.1, -0.05) is 89.0 Å². The first-order valence-corrected chi connectivity index (χ1v) is 18.3. The van der Waals surface area contributed by atoms with Gasteiger partial charge in [0, 0.05) is 0 Å². The molecule has 0 heterocycles. The molecule has 3 rings (SSSR count). The lowest BCUT2D eigenvalue weighted by atomic mass is 9.65. The van der Waals surface area contributed by atoms with Crippen LogP contribution in [0, 0.1) is 75.9 Å². The summed E-state index contributed by atoms with van der Waals surface area (Å²) in [6, 6.07) is 0. The topological polar surface area (TPSA) is 52.6 Å². The van der Waals surface area contributed by atoms with E-state index in [2.05, 4.69) is 76.2 Å². The van der Waals surface area contributed by atoms with Crippen molar-refractivity contribution in [2.75, 3.05) is 13.2 Å². The predicted octanol–water partition coefficient (Wildman–Crippen LogP) is 10.4. The number of ether oxygens (including phenoxy) is 2. The van der Waals surface area contributed by atoms with E-state index in [4.69, 9.17) is 9.47 Å². The van der Waals surface area contributed by atoms with Crippen LogP contribution in [0.1, 0.15) is 147 Å². The molecule has 0 aliphatic heterocycles. The van der Waals surface area contributed by atoms with Crippen LogP contribution >= 0.6 is 0 Å². The molecule has 0 radical (unpaired) electrons. The molecule has 3 aliphatic rings. The summed E-state index contributed by atoms with van der Waals surface area (Å²) in [6.07, 6.45) is 11.9. The van der Waals surface area contributed by atoms with Crippen molar-refractivity contribution < 1.29 is 19.1 Å². The average molecular weight is 603 g/mol. The summed E-state index contributed by atoms with van der Waals surface area (Å²) in [5.41, 5.74) is 0.627. The van der Waals surface area contributed by atoms with Crippen molar-refractivity contribution in [1.82, 2.24) is 0 Å². The maximum absolute atomic E-state index is 13.7. The SMILES string of the molecule is CC1CCC(C(=O)OCC2CCC(C)C(C)C2CCC(C)(C)C)C(C(=O)OCC2CCC(C)C(C)C2CCC(C)(C)C)C1. The highest BCUT2D eigenvalue weighted by atomic mass is 16.5. The Kier molecular flexibility index (Phi) is 13.1. The Bertz CT molecular complexity index is 881. The van der Waals surface area contributed by atoms with Gasteiger partial charge >= 0.3 is 11.9 Å². The normalized spacial score (nSPS) is 37.5. The number of carbonyl (C=O) groups excluding carboxylic acids is 2. The van der Waals surface area contributed by atoms with Crippen molar-refractivity contribution in [3.63, 3.8) is 0 Å². The summed E-state index contributed by atoms with van der Waals surface area (Å²) >= 11 is 0. The van der Waals surface area contributed by atoms with Crippen molar-refractivity contribution in [1.29, 1.82) is 0 Å². The quantitative estimate of drug-likeness (QED) is 0.233. The minimum atomic E-state index is -0.369. The molecule has 11 unspecified atom stereocenters. The number of hydrogen-bond acceptors (Lipinski definition) is 4. The van der Waals surface area contributed by atoms with Gasteiger partial charge < -0.3 is 9.47 Å². The second-order valence-corrected chi connectivity index (χ2v) is 18.3. The molecule has 0 amide bonds. The summed E-state index contributed by atoms with van der Waals surface area (Å²) in [5.74, 6) is 4.15. The van der Waals surface area contributed by atoms with E-state index in [1.165, 1.54) is 38.5 Å². The summed E-state index contributed by atoms with van der Waals surface area (Å²) in [7, 11) is 0. The second kappa shape index (κ2) is 15.5. The second-order valence-electron chi connectivity index (χ2n) is 18.3. The maximum Gasteiger partial charge on any atom is 0.309 e. The highest BCUT2D eigenvalue weighted by Crippen LogP contribution is 2.45. The van der Waals surface area contributed by atoms with Gasteiger partial charge in [0.1, 0.15) is 0 Å². The molecular weight excluding hydrogens is 532 g/mol. The van der Waals surface area contributed by atoms with Gasteiger partial charge in [-0.3, -0.25) is 9.59 Å². The molecule has 3 aliphatic carbocycles. The maximum atomic E-state index is 13.7. The molecule has 3 fully saturated rings. The minimum Gasteiger partial charge on any atom is -0.465 e. The molecule has 250 valence electrons. The molecule has 0 saturated heterocycles. The van der Waals surface area contributed by atoms with Crippen LogP contribution in [0.2, 0.25) is 0 Å². The summed E-state index contributed by atoms with van der Waals surface area (Å²) in [6.45, 7) is 26.7. The van der Waals surface area contributed by atoms with Crippen LogP contribution in [0.5, 0.6) is 0 Å². The number of hydrogen-bond donors (Lipinski definition) is 0. The summed E-state index contributed by atoms with van der Waals surface area (Å²) < 4.78 is 12.3. The highest BCUT2D eigenvalue weighted by Gasteiger charge is 2.43. The molecule has 0 aromatic heterocycles. The standard InChI is InChI=1S/C39H70O4/c1-25-12-17-34(36(40)42-23-30-15-13-26(2)28(4)32(30)18-20-38(6,7)8)35(22-25)37(41)43-24-31-16-14-27(3)29(5)33(31)19-21-39(9,10)11/h25-35H,12-24H2,1-11H3. The molecule has 4 heteroatoms. The van der Waals surface area contributed by atoms with E-state index in [9.17, 15) is 9.59 Å². The largest absolute Gasteiger partial charge is 0.465 e. The Labute approximate surface area is 266 Å². The van der Waals surface area contributed by atoms with Crippen LogP contribution < -0.4 is 0 Å². The molecule has 11 atom stereocenters. The molecule has 0 spiro atoms. The first-order chi connectivity index (χ1) is 20.0. The zero-order valence-corrected chi connectivity index (χ0v) is 30.2. The van der Waals surface area contributed by atoms with Crippen molar-refractivity contribution >= 4 is 11.9 Å². The summed E-state index contributed by atoms with van der Waals surface area (Å²) in [4.78, 5) is 27.3. The van der Waals surface area contributed by atoms with Gasteiger partial charge in [-0.15, -0.1) is 0 Å². The monoisotopic (exact) mass is 603 g/mol. The van der Waals surface area contributed by atoms with E-state index in [0.29, 0.717) is 65.5 Å². The first-order valence-electron chi connectivity index (χ1n) is 18.3. The van der Waals surface area contributed by atoms with Crippen LogP contribution in [0.4, 0.5) is 0 Å². The lowest BCUT2D eigenvalue weighted by Crippen LogP contribution is -2.40. The van der Waals surface area contributed by atoms with Gasteiger partial charge in [0.2, 0.25) is 0 Å². The van der Waals surface area contributed by atoms with Gasteiger partial charge in [-0.05, 0) is 122 Å². The third-order valence-electron chi connectivity index (χ3n) is 12.4. The Morgan fingerprint density at radius 2 is 1.00 bits per heavy atom. The molecule has 0 aromatic rings. The third kappa shape index (κ3) is 10.8. The van der Waals surface area contributed by atoms with Gasteiger partial charge in [-0.25, -0.2) is 0 Å². The molecule has 0 N–H and O–H groups in total. The smallest absolute Gasteiger partial charge is 0.309 e. The fourth-order valence-corrected chi connectivity index (χ4v) is 8.74. The number of carbonyl (C=O) groups is 2. The first kappa shape index (κ1) is 36.4. The molecular formula is C39H70O4. The van der Waals surface area contributed by atoms with Gasteiger partial charge in [0.05, 0.1) is 25.0 Å². The minimum absolute atomic E-state index is 0.155. The van der Waals surface area contributed by atoms with Crippen molar-refractivity contribution in [2.24, 2.45) is 75.9 Å². The van der Waals surface area contributed by atoms with Gasteiger partial charge in [-0.2, -0.15) is 0 Å². The number of esters is 2. The van der Waals surface area contributed by atoms with E-state index in [1.807, 2.05) is 0 Å². The van der Waals surface area contributed by atoms with Crippen LogP contribution in [0.15, 0.2) is 0 Å². The van der Waals surface area contributed by atoms with Gasteiger partial charge in [0.25, 0.3) is 0 Å². The molecule has 43 heavy (non-hydrogen) atoms. The predicted molar refractivity (Wildman–Crippen MR) is 178 cm³/mol. The molecule has 3 saturated carbocycles. The fraction of sp³-hybridized carbons (Fsp3) is 0.949. The van der Waals surface area contributed by atoms with E-state index >= 15 is 0 Å². The zero-order chi connectivity index (χ0) is 32.1. The lowest BCUT2D eigenvalue weighted by molar-refractivity contribution is -0.166. The van der Waals surface area contributed by atoms with E-state index in [1.54, 1.807) is 0 Å². The van der Waals surface area contributed by atoms with Crippen LogP contribution in [-0.4, -0.2) is 25.2 Å². The van der Waals surface area contributed by atoms with Crippen LogP contribution in [-0.2, 0) is 19.1 Å². The molecule has 0 bridgehead atoms. The lowest BCUT2D eigenvalue weighted by Gasteiger charge is -2.42. The fourth-order valence-electron chi connectivity index (χ4n) is 8.74. The van der Waals surface area contributed by atoms with E-state index in [0.717, 1.165) is 43.9 Å². The average Bonchev–Trinajstić information content (AvgIpc) is 2.91. The number of rotatable bonds is 10. The van der Waals surface area contributed by atoms with Gasteiger partial charge in [0.15, 0.2) is 0 Å². The van der Waals surface area contributed by atoms with Crippen molar-refractivity contribution in [3.05, 3.63) is 0 Å². The summed E-state index contributed by atoms with van der Waals surface area (Å²) in [5, 5.41) is 0. The molecule has 4 nitrogen and oxygen atoms in total. The molecule has 0 aromatic carbocycles. The Hall–Kier alpha value is -1.06. The van der Waals surface area contributed by atoms with E-state index < -0.39 is 0 Å². The van der Waals surface area contributed by atoms with Crippen LogP contribution in [0.25, 0.3) is 0 Å². The highest BCUT2D eigenvalue weighted by molar-refractivity contribution is 5.82.